The zero-order valence-electron chi connectivity index (χ0n) is 12.1. The molecule has 1 aromatic heterocycles. The third-order valence-electron chi connectivity index (χ3n) is 3.67. The van der Waals surface area contributed by atoms with Crippen LogP contribution in [0.5, 0.6) is 0 Å². The summed E-state index contributed by atoms with van der Waals surface area (Å²) in [4.78, 5) is 25.4. The van der Waals surface area contributed by atoms with Crippen LogP contribution in [-0.4, -0.2) is 22.0 Å². The second-order valence-corrected chi connectivity index (χ2v) is 5.00. The normalized spacial score (nSPS) is 16.5. The molecule has 3 N–H and O–H groups in total. The number of nitrogens with one attached hydrogen (secondary N) is 2. The molecule has 2 heterocycles. The Kier molecular flexibility index (Phi) is 4.12. The van der Waals surface area contributed by atoms with Gasteiger partial charge in [0.05, 0.1) is 5.70 Å². The number of rotatable bonds is 5. The number of carboxylic acid groups (broad SMARTS) is 1. The van der Waals surface area contributed by atoms with E-state index in [4.69, 9.17) is 5.11 Å². The first kappa shape index (κ1) is 14.8. The number of hydrogen-bond acceptors (Lipinski definition) is 2. The summed E-state index contributed by atoms with van der Waals surface area (Å²) >= 11 is 0. The van der Waals surface area contributed by atoms with Crippen molar-refractivity contribution in [1.82, 2.24) is 10.3 Å². The molecule has 1 aromatic rings. The molecule has 1 aliphatic rings. The Hall–Kier alpha value is -2.56. The number of aromatic nitrogens is 1. The first-order valence-electron chi connectivity index (χ1n) is 6.69. The van der Waals surface area contributed by atoms with E-state index in [1.807, 2.05) is 19.2 Å². The average molecular weight is 286 g/mol. The number of H-pyrrole nitrogens is 1. The largest absolute Gasteiger partial charge is 0.481 e. The standard InChI is InChI=1S/C16H18N2O3/c1-4-12-10(3)16(21)18-14(12)7-13-9(2)11(8-17-13)5-6-15(19)20/h4,7-8,17H,1,5-6H2,2-3H3,(H,18,21)(H,19,20)/b14-7-. The molecule has 0 bridgehead atoms. The highest BCUT2D eigenvalue weighted by Crippen LogP contribution is 2.25. The summed E-state index contributed by atoms with van der Waals surface area (Å²) < 4.78 is 0. The molecule has 0 spiro atoms. The fourth-order valence-corrected chi connectivity index (χ4v) is 2.33. The first-order valence-corrected chi connectivity index (χ1v) is 6.69. The van der Waals surface area contributed by atoms with Crippen molar-refractivity contribution in [2.45, 2.75) is 26.7 Å². The zero-order valence-corrected chi connectivity index (χ0v) is 12.1. The maximum atomic E-state index is 11.7. The maximum absolute atomic E-state index is 11.7. The quantitative estimate of drug-likeness (QED) is 0.777. The number of allylic oxidation sites excluding steroid dienone is 1. The van der Waals surface area contributed by atoms with Gasteiger partial charge in [0.25, 0.3) is 5.91 Å². The highest BCUT2D eigenvalue weighted by molar-refractivity contribution is 6.01. The van der Waals surface area contributed by atoms with E-state index in [1.54, 1.807) is 13.0 Å². The van der Waals surface area contributed by atoms with Crippen LogP contribution in [-0.2, 0) is 16.0 Å². The lowest BCUT2D eigenvalue weighted by molar-refractivity contribution is -0.137. The van der Waals surface area contributed by atoms with Crippen LogP contribution in [0.25, 0.3) is 6.08 Å². The lowest BCUT2D eigenvalue weighted by atomic mass is 10.1. The Labute approximate surface area is 123 Å². The Bertz CT molecular complexity index is 678. The van der Waals surface area contributed by atoms with Crippen molar-refractivity contribution in [2.24, 2.45) is 0 Å². The van der Waals surface area contributed by atoms with Crippen LogP contribution in [0.2, 0.25) is 0 Å². The number of aryl methyl sites for hydroxylation is 1. The third-order valence-corrected chi connectivity index (χ3v) is 3.67. The SMILES string of the molecule is C=CC1=C(C)C(=O)N/C1=C\c1[nH]cc(CCC(=O)O)c1C. The minimum absolute atomic E-state index is 0.0996. The molecular weight excluding hydrogens is 268 g/mol. The highest BCUT2D eigenvalue weighted by Gasteiger charge is 2.22. The van der Waals surface area contributed by atoms with Crippen LogP contribution >= 0.6 is 0 Å². The van der Waals surface area contributed by atoms with Crippen LogP contribution in [0.15, 0.2) is 35.7 Å². The summed E-state index contributed by atoms with van der Waals surface area (Å²) in [6, 6.07) is 0. The van der Waals surface area contributed by atoms with Crippen molar-refractivity contribution in [2.75, 3.05) is 0 Å². The van der Waals surface area contributed by atoms with Gasteiger partial charge in [-0.3, -0.25) is 9.59 Å². The Morgan fingerprint density at radius 1 is 1.43 bits per heavy atom. The number of amides is 1. The molecule has 21 heavy (non-hydrogen) atoms. The van der Waals surface area contributed by atoms with E-state index < -0.39 is 5.97 Å². The van der Waals surface area contributed by atoms with Crippen molar-refractivity contribution in [3.63, 3.8) is 0 Å². The van der Waals surface area contributed by atoms with Gasteiger partial charge in [0.2, 0.25) is 0 Å². The van der Waals surface area contributed by atoms with Gasteiger partial charge in [-0.1, -0.05) is 12.7 Å². The molecule has 0 saturated heterocycles. The van der Waals surface area contributed by atoms with Gasteiger partial charge in [0, 0.05) is 29.5 Å². The van der Waals surface area contributed by atoms with Crippen molar-refractivity contribution < 1.29 is 14.7 Å². The summed E-state index contributed by atoms with van der Waals surface area (Å²) in [6.07, 6.45) is 5.90. The molecule has 1 amide bonds. The van der Waals surface area contributed by atoms with Crippen molar-refractivity contribution in [3.05, 3.63) is 52.5 Å². The minimum atomic E-state index is -0.814. The first-order chi connectivity index (χ1) is 9.93. The van der Waals surface area contributed by atoms with E-state index in [1.165, 1.54) is 0 Å². The van der Waals surface area contributed by atoms with Gasteiger partial charge in [0.15, 0.2) is 0 Å². The van der Waals surface area contributed by atoms with Gasteiger partial charge in [-0.25, -0.2) is 0 Å². The molecular formula is C16H18N2O3. The fraction of sp³-hybridized carbons (Fsp3) is 0.250. The van der Waals surface area contributed by atoms with Crippen LogP contribution < -0.4 is 5.32 Å². The van der Waals surface area contributed by atoms with Gasteiger partial charge < -0.3 is 15.4 Å². The van der Waals surface area contributed by atoms with Crippen LogP contribution in [0, 0.1) is 6.92 Å². The summed E-state index contributed by atoms with van der Waals surface area (Å²) in [7, 11) is 0. The molecule has 0 aromatic carbocycles. The molecule has 0 radical (unpaired) electrons. The topological polar surface area (TPSA) is 82.2 Å². The van der Waals surface area contributed by atoms with Crippen molar-refractivity contribution in [3.8, 4) is 0 Å². The number of aromatic amines is 1. The van der Waals surface area contributed by atoms with E-state index in [2.05, 4.69) is 16.9 Å². The predicted octanol–water partition coefficient (Wildman–Crippen LogP) is 2.31. The second kappa shape index (κ2) is 5.83. The van der Waals surface area contributed by atoms with E-state index >= 15 is 0 Å². The number of aliphatic carboxylic acids is 1. The highest BCUT2D eigenvalue weighted by atomic mass is 16.4. The Morgan fingerprint density at radius 2 is 2.14 bits per heavy atom. The fourth-order valence-electron chi connectivity index (χ4n) is 2.33. The van der Waals surface area contributed by atoms with Crippen LogP contribution in [0.3, 0.4) is 0 Å². The molecule has 5 heteroatoms. The molecule has 0 atom stereocenters. The number of carbonyl (C=O) groups excluding carboxylic acids is 1. The van der Waals surface area contributed by atoms with Gasteiger partial charge in [-0.2, -0.15) is 0 Å². The molecule has 0 unspecified atom stereocenters. The lowest BCUT2D eigenvalue weighted by Crippen LogP contribution is -2.15. The van der Waals surface area contributed by atoms with Gasteiger partial charge in [0.1, 0.15) is 0 Å². The van der Waals surface area contributed by atoms with Crippen molar-refractivity contribution in [1.29, 1.82) is 0 Å². The predicted molar refractivity (Wildman–Crippen MR) is 80.5 cm³/mol. The summed E-state index contributed by atoms with van der Waals surface area (Å²) in [5.74, 6) is -0.933. The smallest absolute Gasteiger partial charge is 0.303 e. The van der Waals surface area contributed by atoms with E-state index in [0.717, 1.165) is 22.4 Å². The molecule has 5 nitrogen and oxygen atoms in total. The van der Waals surface area contributed by atoms with Crippen molar-refractivity contribution >= 4 is 18.0 Å². The molecule has 2 rings (SSSR count). The van der Waals surface area contributed by atoms with E-state index in [9.17, 15) is 9.59 Å². The summed E-state index contributed by atoms with van der Waals surface area (Å²) in [5, 5.41) is 11.5. The molecule has 110 valence electrons. The average Bonchev–Trinajstić information content (AvgIpc) is 2.90. The van der Waals surface area contributed by atoms with Gasteiger partial charge in [-0.05, 0) is 37.5 Å². The number of carbonyl (C=O) groups is 2. The van der Waals surface area contributed by atoms with E-state index in [0.29, 0.717) is 17.7 Å². The molecule has 0 aliphatic carbocycles. The van der Waals surface area contributed by atoms with Crippen LogP contribution in [0.4, 0.5) is 0 Å². The lowest BCUT2D eigenvalue weighted by Gasteiger charge is -2.02. The number of hydrogen-bond donors (Lipinski definition) is 3. The summed E-state index contributed by atoms with van der Waals surface area (Å²) in [5.41, 5.74) is 4.97. The van der Waals surface area contributed by atoms with Crippen LogP contribution in [0.1, 0.15) is 30.2 Å². The summed E-state index contributed by atoms with van der Waals surface area (Å²) in [6.45, 7) is 7.42. The monoisotopic (exact) mass is 286 g/mol. The molecule has 0 fully saturated rings. The second-order valence-electron chi connectivity index (χ2n) is 5.00. The molecule has 0 saturated carbocycles. The minimum Gasteiger partial charge on any atom is -0.481 e. The Morgan fingerprint density at radius 3 is 2.76 bits per heavy atom. The third kappa shape index (κ3) is 2.97. The maximum Gasteiger partial charge on any atom is 0.303 e. The Balaban J connectivity index is 2.28. The zero-order chi connectivity index (χ0) is 15.6. The van der Waals surface area contributed by atoms with Gasteiger partial charge >= 0.3 is 5.97 Å². The number of carboxylic acids is 1. The van der Waals surface area contributed by atoms with Gasteiger partial charge in [-0.15, -0.1) is 0 Å². The van der Waals surface area contributed by atoms with E-state index in [-0.39, 0.29) is 12.3 Å². The molecule has 1 aliphatic heterocycles.